The number of rotatable bonds is 2. The molecule has 0 aromatic carbocycles. The van der Waals surface area contributed by atoms with E-state index >= 15 is 0 Å². The molecule has 1 aliphatic rings. The van der Waals surface area contributed by atoms with Crippen LogP contribution in [0.4, 0.5) is 5.82 Å². The number of anilines is 1. The molecule has 92 valence electrons. The van der Waals surface area contributed by atoms with Crippen molar-refractivity contribution in [3.05, 3.63) is 18.7 Å². The number of hydrogen-bond donors (Lipinski definition) is 1. The summed E-state index contributed by atoms with van der Waals surface area (Å²) in [5.74, 6) is -0.277. The monoisotopic (exact) mass is 245 g/mol. The molecule has 1 aliphatic heterocycles. The van der Waals surface area contributed by atoms with Crippen molar-refractivity contribution in [1.82, 2.24) is 19.9 Å². The van der Waals surface area contributed by atoms with Gasteiger partial charge in [-0.1, -0.05) is 0 Å². The van der Waals surface area contributed by atoms with Crippen LogP contribution in [0.15, 0.2) is 18.7 Å². The van der Waals surface area contributed by atoms with E-state index in [2.05, 4.69) is 19.9 Å². The highest BCUT2D eigenvalue weighted by atomic mass is 16.4. The van der Waals surface area contributed by atoms with Crippen LogP contribution in [0.25, 0.3) is 11.2 Å². The highest BCUT2D eigenvalue weighted by molar-refractivity contribution is 5.86. The van der Waals surface area contributed by atoms with Gasteiger partial charge in [0.1, 0.15) is 12.4 Å². The number of carboxylic acid groups (broad SMARTS) is 1. The Morgan fingerprint density at radius 3 is 2.94 bits per heavy atom. The molecule has 0 radical (unpaired) electrons. The molecule has 18 heavy (non-hydrogen) atoms. The van der Waals surface area contributed by atoms with Gasteiger partial charge in [-0.15, -0.1) is 0 Å². The highest BCUT2D eigenvalue weighted by Crippen LogP contribution is 2.27. The minimum Gasteiger partial charge on any atom is -0.480 e. The van der Waals surface area contributed by atoms with Crippen molar-refractivity contribution in [2.75, 3.05) is 11.4 Å². The van der Waals surface area contributed by atoms with Crippen LogP contribution >= 0.6 is 0 Å². The number of carbonyl (C=O) groups is 1. The first kappa shape index (κ1) is 10.8. The maximum absolute atomic E-state index is 11.2. The predicted molar refractivity (Wildman–Crippen MR) is 63.1 cm³/mol. The standard InChI is InChI=1S/C11H11N5O2/c17-11(18)7-2-1-5-16(7)10-8-9(14-6-15-10)13-4-3-12-8/h3-4,6-7H,1-2,5H2,(H,17,18). The first-order valence-corrected chi connectivity index (χ1v) is 5.68. The topological polar surface area (TPSA) is 92.1 Å². The number of carboxylic acids is 1. The van der Waals surface area contributed by atoms with Crippen LogP contribution in [-0.4, -0.2) is 43.6 Å². The molecular formula is C11H11N5O2. The van der Waals surface area contributed by atoms with Crippen molar-refractivity contribution in [2.45, 2.75) is 18.9 Å². The van der Waals surface area contributed by atoms with Gasteiger partial charge >= 0.3 is 5.97 Å². The van der Waals surface area contributed by atoms with E-state index in [-0.39, 0.29) is 0 Å². The molecule has 3 rings (SSSR count). The lowest BCUT2D eigenvalue weighted by molar-refractivity contribution is -0.138. The summed E-state index contributed by atoms with van der Waals surface area (Å²) in [6.07, 6.45) is 5.96. The van der Waals surface area contributed by atoms with Gasteiger partial charge in [0.05, 0.1) is 0 Å². The van der Waals surface area contributed by atoms with E-state index in [1.165, 1.54) is 6.33 Å². The summed E-state index contributed by atoms with van der Waals surface area (Å²) >= 11 is 0. The van der Waals surface area contributed by atoms with Gasteiger partial charge in [-0.25, -0.2) is 24.7 Å². The molecule has 3 heterocycles. The van der Waals surface area contributed by atoms with E-state index in [0.717, 1.165) is 6.42 Å². The summed E-state index contributed by atoms with van der Waals surface area (Å²) in [6, 6.07) is -0.537. The van der Waals surface area contributed by atoms with Crippen LogP contribution in [0, 0.1) is 0 Å². The van der Waals surface area contributed by atoms with Crippen molar-refractivity contribution < 1.29 is 9.90 Å². The van der Waals surface area contributed by atoms with E-state index < -0.39 is 12.0 Å². The van der Waals surface area contributed by atoms with Crippen molar-refractivity contribution in [2.24, 2.45) is 0 Å². The smallest absolute Gasteiger partial charge is 0.326 e. The Labute approximate surface area is 103 Å². The Morgan fingerprint density at radius 1 is 1.28 bits per heavy atom. The molecule has 1 N–H and O–H groups in total. The summed E-state index contributed by atoms with van der Waals surface area (Å²) in [6.45, 7) is 0.666. The Morgan fingerprint density at radius 2 is 2.11 bits per heavy atom. The largest absolute Gasteiger partial charge is 0.480 e. The zero-order chi connectivity index (χ0) is 12.5. The fraction of sp³-hybridized carbons (Fsp3) is 0.364. The average Bonchev–Trinajstić information content (AvgIpc) is 2.87. The zero-order valence-electron chi connectivity index (χ0n) is 9.52. The van der Waals surface area contributed by atoms with Crippen LogP contribution in [0.3, 0.4) is 0 Å². The molecule has 1 fully saturated rings. The molecule has 2 aromatic heterocycles. The van der Waals surface area contributed by atoms with Gasteiger partial charge < -0.3 is 10.0 Å². The number of nitrogens with zero attached hydrogens (tertiary/aromatic N) is 5. The lowest BCUT2D eigenvalue weighted by atomic mass is 10.2. The molecule has 0 spiro atoms. The van der Waals surface area contributed by atoms with E-state index in [1.54, 1.807) is 17.3 Å². The summed E-state index contributed by atoms with van der Waals surface area (Å²) in [7, 11) is 0. The van der Waals surface area contributed by atoms with Crippen molar-refractivity contribution in [1.29, 1.82) is 0 Å². The molecule has 0 bridgehead atoms. The van der Waals surface area contributed by atoms with E-state index in [9.17, 15) is 9.90 Å². The number of hydrogen-bond acceptors (Lipinski definition) is 6. The van der Waals surface area contributed by atoms with Gasteiger partial charge in [-0.3, -0.25) is 0 Å². The minimum absolute atomic E-state index is 0.485. The Hall–Kier alpha value is -2.31. The summed E-state index contributed by atoms with van der Waals surface area (Å²) < 4.78 is 0. The molecular weight excluding hydrogens is 234 g/mol. The highest BCUT2D eigenvalue weighted by Gasteiger charge is 2.32. The molecule has 0 amide bonds. The van der Waals surface area contributed by atoms with Gasteiger partial charge in [0, 0.05) is 18.9 Å². The van der Waals surface area contributed by atoms with Crippen molar-refractivity contribution in [3.8, 4) is 0 Å². The SMILES string of the molecule is O=C(O)C1CCCN1c1ncnc2nccnc12. The lowest BCUT2D eigenvalue weighted by Gasteiger charge is -2.22. The predicted octanol–water partition coefficient (Wildman–Crippen LogP) is 0.473. The molecule has 0 aliphatic carbocycles. The molecule has 1 saturated heterocycles. The van der Waals surface area contributed by atoms with E-state index in [0.29, 0.717) is 29.9 Å². The number of aromatic nitrogens is 4. The van der Waals surface area contributed by atoms with Gasteiger partial charge in [-0.05, 0) is 12.8 Å². The molecule has 7 heteroatoms. The maximum Gasteiger partial charge on any atom is 0.326 e. The van der Waals surface area contributed by atoms with E-state index in [1.807, 2.05) is 0 Å². The van der Waals surface area contributed by atoms with Gasteiger partial charge in [-0.2, -0.15) is 0 Å². The van der Waals surface area contributed by atoms with Crippen LogP contribution in [0.2, 0.25) is 0 Å². The quantitative estimate of drug-likeness (QED) is 0.822. The molecule has 0 saturated carbocycles. The summed E-state index contributed by atoms with van der Waals surface area (Å²) in [5, 5.41) is 9.20. The Bertz CT molecular complexity index is 598. The first-order valence-electron chi connectivity index (χ1n) is 5.68. The summed E-state index contributed by atoms with van der Waals surface area (Å²) in [4.78, 5) is 29.5. The zero-order valence-corrected chi connectivity index (χ0v) is 9.52. The number of aliphatic carboxylic acids is 1. The van der Waals surface area contributed by atoms with Crippen molar-refractivity contribution in [3.63, 3.8) is 0 Å². The fourth-order valence-electron chi connectivity index (χ4n) is 2.27. The van der Waals surface area contributed by atoms with Gasteiger partial charge in [0.25, 0.3) is 0 Å². The third-order valence-corrected chi connectivity index (χ3v) is 3.06. The van der Waals surface area contributed by atoms with Gasteiger partial charge in [0.2, 0.25) is 0 Å². The first-order chi connectivity index (χ1) is 8.77. The molecule has 7 nitrogen and oxygen atoms in total. The van der Waals surface area contributed by atoms with E-state index in [4.69, 9.17) is 0 Å². The maximum atomic E-state index is 11.2. The van der Waals surface area contributed by atoms with Crippen LogP contribution in [0.1, 0.15) is 12.8 Å². The fourth-order valence-corrected chi connectivity index (χ4v) is 2.27. The molecule has 1 atom stereocenters. The molecule has 2 aromatic rings. The second-order valence-corrected chi connectivity index (χ2v) is 4.12. The Balaban J connectivity index is 2.11. The minimum atomic E-state index is -0.830. The van der Waals surface area contributed by atoms with Crippen LogP contribution in [-0.2, 0) is 4.79 Å². The third kappa shape index (κ3) is 1.64. The van der Waals surface area contributed by atoms with Gasteiger partial charge in [0.15, 0.2) is 17.0 Å². The van der Waals surface area contributed by atoms with Crippen molar-refractivity contribution >= 4 is 23.0 Å². The normalized spacial score (nSPS) is 19.3. The average molecular weight is 245 g/mol. The molecule has 1 unspecified atom stereocenters. The lowest BCUT2D eigenvalue weighted by Crippen LogP contribution is -2.36. The third-order valence-electron chi connectivity index (χ3n) is 3.06. The Kier molecular flexibility index (Phi) is 2.51. The van der Waals surface area contributed by atoms with Crippen LogP contribution < -0.4 is 4.90 Å². The second-order valence-electron chi connectivity index (χ2n) is 4.12. The number of fused-ring (bicyclic) bond motifs is 1. The second kappa shape index (κ2) is 4.17. The summed E-state index contributed by atoms with van der Waals surface area (Å²) in [5.41, 5.74) is 1.03. The van der Waals surface area contributed by atoms with Crippen LogP contribution in [0.5, 0.6) is 0 Å².